The molecule has 1 heterocycles. The standard InChI is InChI=1S/C17H11Cl3N4O/c18-10-2-1-3-12(8-10)22-17-21-7-6-15(24-17)16(25)23-14-5-4-11(19)9-13(14)20/h1-9H,(H,23,25)(H,21,22,24). The zero-order valence-corrected chi connectivity index (χ0v) is 14.9. The van der Waals surface area contributed by atoms with E-state index in [0.29, 0.717) is 26.4 Å². The van der Waals surface area contributed by atoms with Gasteiger partial charge in [-0.15, -0.1) is 0 Å². The molecule has 0 saturated heterocycles. The second-order valence-corrected chi connectivity index (χ2v) is 6.26. The first-order valence-electron chi connectivity index (χ1n) is 7.13. The van der Waals surface area contributed by atoms with Gasteiger partial charge < -0.3 is 10.6 Å². The summed E-state index contributed by atoms with van der Waals surface area (Å²) in [7, 11) is 0. The largest absolute Gasteiger partial charge is 0.324 e. The van der Waals surface area contributed by atoms with Gasteiger partial charge in [0.15, 0.2) is 0 Å². The molecule has 0 bridgehead atoms. The molecule has 0 fully saturated rings. The van der Waals surface area contributed by atoms with Crippen LogP contribution in [0.1, 0.15) is 10.5 Å². The van der Waals surface area contributed by atoms with Gasteiger partial charge >= 0.3 is 0 Å². The maximum absolute atomic E-state index is 12.4. The van der Waals surface area contributed by atoms with Gasteiger partial charge in [0.1, 0.15) is 5.69 Å². The van der Waals surface area contributed by atoms with Gasteiger partial charge in [0, 0.05) is 21.9 Å². The van der Waals surface area contributed by atoms with Gasteiger partial charge in [-0.3, -0.25) is 4.79 Å². The molecule has 2 N–H and O–H groups in total. The number of nitrogens with one attached hydrogen (secondary N) is 2. The highest BCUT2D eigenvalue weighted by Gasteiger charge is 2.11. The number of benzene rings is 2. The molecule has 25 heavy (non-hydrogen) atoms. The summed E-state index contributed by atoms with van der Waals surface area (Å²) in [5.74, 6) is -0.141. The fraction of sp³-hybridized carbons (Fsp3) is 0. The first-order chi connectivity index (χ1) is 12.0. The van der Waals surface area contributed by atoms with Gasteiger partial charge in [-0.25, -0.2) is 9.97 Å². The lowest BCUT2D eigenvalue weighted by molar-refractivity contribution is 0.102. The maximum Gasteiger partial charge on any atom is 0.274 e. The number of carbonyl (C=O) groups is 1. The highest BCUT2D eigenvalue weighted by molar-refractivity contribution is 6.36. The predicted octanol–water partition coefficient (Wildman–Crippen LogP) is 5.43. The maximum atomic E-state index is 12.4. The first-order valence-corrected chi connectivity index (χ1v) is 8.27. The van der Waals surface area contributed by atoms with Gasteiger partial charge in [0.2, 0.25) is 5.95 Å². The molecular formula is C17H11Cl3N4O. The Balaban J connectivity index is 1.77. The molecule has 0 atom stereocenters. The lowest BCUT2D eigenvalue weighted by Crippen LogP contribution is -2.15. The molecule has 2 aromatic carbocycles. The van der Waals surface area contributed by atoms with Gasteiger partial charge in [-0.2, -0.15) is 0 Å². The van der Waals surface area contributed by atoms with Crippen LogP contribution in [0.15, 0.2) is 54.7 Å². The Morgan fingerprint density at radius 1 is 0.960 bits per heavy atom. The van der Waals surface area contributed by atoms with E-state index in [2.05, 4.69) is 20.6 Å². The minimum atomic E-state index is -0.416. The van der Waals surface area contributed by atoms with Crippen molar-refractivity contribution in [1.82, 2.24) is 9.97 Å². The number of hydrogen-bond acceptors (Lipinski definition) is 4. The first kappa shape index (κ1) is 17.5. The molecule has 0 unspecified atom stereocenters. The second kappa shape index (κ2) is 7.70. The van der Waals surface area contributed by atoms with Crippen molar-refractivity contribution in [2.45, 2.75) is 0 Å². The summed E-state index contributed by atoms with van der Waals surface area (Å²) in [5, 5.41) is 7.08. The molecule has 3 rings (SSSR count). The molecule has 8 heteroatoms. The van der Waals surface area contributed by atoms with E-state index in [1.165, 1.54) is 12.3 Å². The van der Waals surface area contributed by atoms with Crippen molar-refractivity contribution in [3.8, 4) is 0 Å². The van der Waals surface area contributed by atoms with Crippen molar-refractivity contribution < 1.29 is 4.79 Å². The average molecular weight is 394 g/mol. The van der Waals surface area contributed by atoms with Gasteiger partial charge in [0.25, 0.3) is 5.91 Å². The van der Waals surface area contributed by atoms with Gasteiger partial charge in [-0.05, 0) is 42.5 Å². The summed E-state index contributed by atoms with van der Waals surface area (Å²) in [6, 6.07) is 13.4. The Hall–Kier alpha value is -2.34. The van der Waals surface area contributed by atoms with E-state index in [-0.39, 0.29) is 11.6 Å². The fourth-order valence-corrected chi connectivity index (χ4v) is 2.66. The van der Waals surface area contributed by atoms with Crippen LogP contribution >= 0.6 is 34.8 Å². The molecule has 0 aliphatic rings. The Morgan fingerprint density at radius 3 is 2.52 bits per heavy atom. The molecule has 5 nitrogen and oxygen atoms in total. The summed E-state index contributed by atoms with van der Waals surface area (Å²) in [6.45, 7) is 0. The van der Waals surface area contributed by atoms with Crippen LogP contribution < -0.4 is 10.6 Å². The average Bonchev–Trinajstić information content (AvgIpc) is 2.57. The van der Waals surface area contributed by atoms with Crippen LogP contribution in [0, 0.1) is 0 Å². The van der Waals surface area contributed by atoms with Crippen LogP contribution in [-0.2, 0) is 0 Å². The summed E-state index contributed by atoms with van der Waals surface area (Å²) < 4.78 is 0. The van der Waals surface area contributed by atoms with Crippen molar-refractivity contribution in [3.05, 3.63) is 75.5 Å². The molecule has 0 aliphatic carbocycles. The Labute approximate surface area is 159 Å². The lowest BCUT2D eigenvalue weighted by atomic mass is 10.3. The second-order valence-electron chi connectivity index (χ2n) is 4.98. The Bertz CT molecular complexity index is 933. The fourth-order valence-electron chi connectivity index (χ4n) is 2.02. The van der Waals surface area contributed by atoms with Crippen LogP contribution in [0.2, 0.25) is 15.1 Å². The highest BCUT2D eigenvalue weighted by Crippen LogP contribution is 2.25. The lowest BCUT2D eigenvalue weighted by Gasteiger charge is -2.09. The molecular weight excluding hydrogens is 383 g/mol. The van der Waals surface area contributed by atoms with Gasteiger partial charge in [0.05, 0.1) is 10.7 Å². The minimum absolute atomic E-state index is 0.186. The summed E-state index contributed by atoms with van der Waals surface area (Å²) >= 11 is 17.8. The molecule has 0 saturated carbocycles. The molecule has 0 radical (unpaired) electrons. The van der Waals surface area contributed by atoms with Crippen molar-refractivity contribution in [2.24, 2.45) is 0 Å². The zero-order valence-electron chi connectivity index (χ0n) is 12.6. The molecule has 1 amide bonds. The quantitative estimate of drug-likeness (QED) is 0.620. The van der Waals surface area contributed by atoms with E-state index in [9.17, 15) is 4.79 Å². The summed E-state index contributed by atoms with van der Waals surface area (Å²) in [5.41, 5.74) is 1.34. The van der Waals surface area contributed by atoms with E-state index in [0.717, 1.165) is 0 Å². The number of halogens is 3. The molecule has 126 valence electrons. The van der Waals surface area contributed by atoms with Crippen LogP contribution in [0.5, 0.6) is 0 Å². The molecule has 0 spiro atoms. The monoisotopic (exact) mass is 392 g/mol. The van der Waals surface area contributed by atoms with Crippen LogP contribution in [0.3, 0.4) is 0 Å². The van der Waals surface area contributed by atoms with Crippen LogP contribution in [0.25, 0.3) is 0 Å². The van der Waals surface area contributed by atoms with Crippen molar-refractivity contribution in [1.29, 1.82) is 0 Å². The zero-order chi connectivity index (χ0) is 17.8. The van der Waals surface area contributed by atoms with Crippen LogP contribution in [0.4, 0.5) is 17.3 Å². The Morgan fingerprint density at radius 2 is 1.76 bits per heavy atom. The number of rotatable bonds is 4. The number of carbonyl (C=O) groups excluding carboxylic acids is 1. The highest BCUT2D eigenvalue weighted by atomic mass is 35.5. The number of nitrogens with zero attached hydrogens (tertiary/aromatic N) is 2. The van der Waals surface area contributed by atoms with E-state index >= 15 is 0 Å². The van der Waals surface area contributed by atoms with E-state index in [4.69, 9.17) is 34.8 Å². The normalized spacial score (nSPS) is 10.4. The molecule has 0 aliphatic heterocycles. The predicted molar refractivity (Wildman–Crippen MR) is 101 cm³/mol. The topological polar surface area (TPSA) is 66.9 Å². The SMILES string of the molecule is O=C(Nc1ccc(Cl)cc1Cl)c1ccnc(Nc2cccc(Cl)c2)n1. The third kappa shape index (κ3) is 4.60. The molecule has 1 aromatic heterocycles. The summed E-state index contributed by atoms with van der Waals surface area (Å²) in [4.78, 5) is 20.7. The van der Waals surface area contributed by atoms with Crippen molar-refractivity contribution in [2.75, 3.05) is 10.6 Å². The number of anilines is 3. The van der Waals surface area contributed by atoms with E-state index < -0.39 is 5.91 Å². The van der Waals surface area contributed by atoms with E-state index in [1.54, 1.807) is 36.4 Å². The minimum Gasteiger partial charge on any atom is -0.324 e. The number of aromatic nitrogens is 2. The number of hydrogen-bond donors (Lipinski definition) is 2. The van der Waals surface area contributed by atoms with Crippen LogP contribution in [-0.4, -0.2) is 15.9 Å². The van der Waals surface area contributed by atoms with E-state index in [1.807, 2.05) is 6.07 Å². The Kier molecular flexibility index (Phi) is 5.38. The number of amides is 1. The van der Waals surface area contributed by atoms with Crippen molar-refractivity contribution in [3.63, 3.8) is 0 Å². The third-order valence-corrected chi connectivity index (χ3v) is 3.93. The third-order valence-electron chi connectivity index (χ3n) is 3.15. The summed E-state index contributed by atoms with van der Waals surface area (Å²) in [6.07, 6.45) is 1.48. The smallest absolute Gasteiger partial charge is 0.274 e. The van der Waals surface area contributed by atoms with Gasteiger partial charge in [-0.1, -0.05) is 40.9 Å². The molecule has 3 aromatic rings. The van der Waals surface area contributed by atoms with Crippen molar-refractivity contribution >= 4 is 58.0 Å².